The Labute approximate surface area is 113 Å². The molecule has 0 aliphatic heterocycles. The summed E-state index contributed by atoms with van der Waals surface area (Å²) in [5, 5.41) is 22.3. The number of phenols is 2. The van der Waals surface area contributed by atoms with Crippen LogP contribution < -0.4 is 5.32 Å². The molecule has 0 saturated heterocycles. The van der Waals surface area contributed by atoms with E-state index < -0.39 is 0 Å². The summed E-state index contributed by atoms with van der Waals surface area (Å²) in [7, 11) is 1.59. The molecule has 0 aliphatic rings. The van der Waals surface area contributed by atoms with E-state index in [4.69, 9.17) is 0 Å². The summed E-state index contributed by atoms with van der Waals surface area (Å²) < 4.78 is 0. The zero-order valence-corrected chi connectivity index (χ0v) is 11.7. The van der Waals surface area contributed by atoms with Crippen LogP contribution in [0, 0.1) is 0 Å². The minimum absolute atomic E-state index is 0.0468. The van der Waals surface area contributed by atoms with E-state index in [1.165, 1.54) is 12.1 Å². The van der Waals surface area contributed by atoms with Crippen LogP contribution in [0.1, 0.15) is 31.9 Å². The van der Waals surface area contributed by atoms with Gasteiger partial charge < -0.3 is 15.5 Å². The molecule has 0 fully saturated rings. The number of hydrogen-bond donors (Lipinski definition) is 3. The monoisotopic (exact) mass is 266 g/mol. The van der Waals surface area contributed by atoms with Gasteiger partial charge in [0.15, 0.2) is 0 Å². The predicted octanol–water partition coefficient (Wildman–Crippen LogP) is 1.62. The lowest BCUT2D eigenvalue weighted by atomic mass is 10.0. The molecule has 1 aromatic rings. The molecular weight excluding hydrogens is 244 g/mol. The molecule has 0 aromatic heterocycles. The van der Waals surface area contributed by atoms with Gasteiger partial charge in [-0.25, -0.2) is 0 Å². The lowest BCUT2D eigenvalue weighted by Crippen LogP contribution is -2.37. The normalized spacial score (nSPS) is 12.4. The molecule has 5 nitrogen and oxygen atoms in total. The second-order valence-electron chi connectivity index (χ2n) is 4.53. The lowest BCUT2D eigenvalue weighted by Gasteiger charge is -2.29. The van der Waals surface area contributed by atoms with Crippen LogP contribution >= 0.6 is 0 Å². The van der Waals surface area contributed by atoms with Gasteiger partial charge >= 0.3 is 0 Å². The highest BCUT2D eigenvalue weighted by Gasteiger charge is 2.22. The van der Waals surface area contributed by atoms with E-state index in [1.54, 1.807) is 13.1 Å². The zero-order chi connectivity index (χ0) is 14.4. The first-order chi connectivity index (χ1) is 9.01. The van der Waals surface area contributed by atoms with Crippen molar-refractivity contribution in [3.8, 4) is 11.5 Å². The number of benzene rings is 1. The molecule has 3 N–H and O–H groups in total. The van der Waals surface area contributed by atoms with Crippen molar-refractivity contribution in [1.82, 2.24) is 10.2 Å². The quantitative estimate of drug-likeness (QED) is 0.731. The Kier molecular flexibility index (Phi) is 5.63. The van der Waals surface area contributed by atoms with Crippen LogP contribution in [0.25, 0.3) is 0 Å². The highest BCUT2D eigenvalue weighted by atomic mass is 16.3. The molecule has 1 unspecified atom stereocenters. The van der Waals surface area contributed by atoms with Crippen molar-refractivity contribution in [3.05, 3.63) is 23.8 Å². The smallest absolute Gasteiger partial charge is 0.233 e. The number of nitrogens with zero attached hydrogens (tertiary/aromatic N) is 1. The SMILES string of the molecule is CCCN(CC(=O)NC)C(C)c1c(O)cccc1O. The van der Waals surface area contributed by atoms with Gasteiger partial charge in [-0.1, -0.05) is 13.0 Å². The first-order valence-electron chi connectivity index (χ1n) is 6.46. The summed E-state index contributed by atoms with van der Waals surface area (Å²) in [6, 6.07) is 4.42. The third-order valence-corrected chi connectivity index (χ3v) is 3.16. The van der Waals surface area contributed by atoms with Crippen LogP contribution in [0.5, 0.6) is 11.5 Å². The van der Waals surface area contributed by atoms with Crippen LogP contribution in [-0.4, -0.2) is 41.2 Å². The summed E-state index contributed by atoms with van der Waals surface area (Å²) in [6.07, 6.45) is 0.885. The van der Waals surface area contributed by atoms with Crippen molar-refractivity contribution in [2.24, 2.45) is 0 Å². The van der Waals surface area contributed by atoms with Crippen molar-refractivity contribution in [1.29, 1.82) is 0 Å². The van der Waals surface area contributed by atoms with Crippen LogP contribution in [-0.2, 0) is 4.79 Å². The van der Waals surface area contributed by atoms with Crippen molar-refractivity contribution >= 4 is 5.91 Å². The summed E-state index contributed by atoms with van der Waals surface area (Å²) in [6.45, 7) is 4.84. The van der Waals surface area contributed by atoms with Crippen LogP contribution in [0.4, 0.5) is 0 Å². The van der Waals surface area contributed by atoms with Gasteiger partial charge in [0, 0.05) is 13.1 Å². The Balaban J connectivity index is 2.98. The van der Waals surface area contributed by atoms with Gasteiger partial charge in [0.1, 0.15) is 11.5 Å². The fourth-order valence-corrected chi connectivity index (χ4v) is 2.11. The summed E-state index contributed by atoms with van der Waals surface area (Å²) in [4.78, 5) is 13.4. The van der Waals surface area contributed by atoms with Crippen LogP contribution in [0.3, 0.4) is 0 Å². The second-order valence-corrected chi connectivity index (χ2v) is 4.53. The zero-order valence-electron chi connectivity index (χ0n) is 11.7. The Morgan fingerprint density at radius 1 is 1.37 bits per heavy atom. The average molecular weight is 266 g/mol. The number of amides is 1. The van der Waals surface area contributed by atoms with E-state index in [1.807, 2.05) is 18.7 Å². The number of carbonyl (C=O) groups excluding carboxylic acids is 1. The molecule has 1 atom stereocenters. The second kappa shape index (κ2) is 6.99. The number of phenolic OH excluding ortho intramolecular Hbond substituents is 2. The predicted molar refractivity (Wildman–Crippen MR) is 74.1 cm³/mol. The minimum Gasteiger partial charge on any atom is -0.507 e. The number of nitrogens with one attached hydrogen (secondary N) is 1. The van der Waals surface area contributed by atoms with Gasteiger partial charge in [-0.15, -0.1) is 0 Å². The minimum atomic E-state index is -0.238. The molecule has 0 saturated carbocycles. The van der Waals surface area contributed by atoms with Gasteiger partial charge in [-0.2, -0.15) is 0 Å². The molecule has 5 heteroatoms. The van der Waals surface area contributed by atoms with Crippen molar-refractivity contribution in [2.75, 3.05) is 20.1 Å². The van der Waals surface area contributed by atoms with Gasteiger partial charge in [-0.3, -0.25) is 9.69 Å². The van der Waals surface area contributed by atoms with E-state index in [0.29, 0.717) is 12.1 Å². The standard InChI is InChI=1S/C14H22N2O3/c1-4-8-16(9-13(19)15-3)10(2)14-11(17)6-5-7-12(14)18/h5-7,10,17-18H,4,8-9H2,1-3H3,(H,15,19). The molecule has 0 aliphatic carbocycles. The molecular formula is C14H22N2O3. The Morgan fingerprint density at radius 3 is 2.42 bits per heavy atom. The molecule has 0 heterocycles. The molecule has 1 rings (SSSR count). The first kappa shape index (κ1) is 15.3. The number of rotatable bonds is 6. The van der Waals surface area contributed by atoms with Crippen LogP contribution in [0.15, 0.2) is 18.2 Å². The van der Waals surface area contributed by atoms with Gasteiger partial charge in [0.05, 0.1) is 12.1 Å². The molecule has 0 radical (unpaired) electrons. The Morgan fingerprint density at radius 2 is 1.95 bits per heavy atom. The molecule has 1 aromatic carbocycles. The van der Waals surface area contributed by atoms with Crippen LogP contribution in [0.2, 0.25) is 0 Å². The molecule has 1 amide bonds. The maximum Gasteiger partial charge on any atom is 0.233 e. The van der Waals surface area contributed by atoms with Crippen molar-refractivity contribution in [2.45, 2.75) is 26.3 Å². The summed E-state index contributed by atoms with van der Waals surface area (Å²) in [5.74, 6) is 0.00577. The largest absolute Gasteiger partial charge is 0.507 e. The highest BCUT2D eigenvalue weighted by Crippen LogP contribution is 2.35. The van der Waals surface area contributed by atoms with Gasteiger partial charge in [0.25, 0.3) is 0 Å². The summed E-state index contributed by atoms with van der Waals surface area (Å²) in [5.41, 5.74) is 0.458. The number of hydrogen-bond acceptors (Lipinski definition) is 4. The third-order valence-electron chi connectivity index (χ3n) is 3.16. The number of carbonyl (C=O) groups is 1. The van der Waals surface area contributed by atoms with E-state index in [0.717, 1.165) is 6.42 Å². The fourth-order valence-electron chi connectivity index (χ4n) is 2.11. The summed E-state index contributed by atoms with van der Waals surface area (Å²) >= 11 is 0. The lowest BCUT2D eigenvalue weighted by molar-refractivity contribution is -0.122. The Hall–Kier alpha value is -1.75. The topological polar surface area (TPSA) is 72.8 Å². The first-order valence-corrected chi connectivity index (χ1v) is 6.46. The maximum absolute atomic E-state index is 11.5. The number of aromatic hydroxyl groups is 2. The molecule has 0 bridgehead atoms. The molecule has 106 valence electrons. The third kappa shape index (κ3) is 3.86. The molecule has 19 heavy (non-hydrogen) atoms. The van der Waals surface area contributed by atoms with Gasteiger partial charge in [-0.05, 0) is 32.0 Å². The average Bonchev–Trinajstić information content (AvgIpc) is 2.37. The van der Waals surface area contributed by atoms with E-state index >= 15 is 0 Å². The number of likely N-dealkylation sites (N-methyl/N-ethyl adjacent to an activating group) is 1. The van der Waals surface area contributed by atoms with E-state index in [-0.39, 0.29) is 30.0 Å². The van der Waals surface area contributed by atoms with Gasteiger partial charge in [0.2, 0.25) is 5.91 Å². The maximum atomic E-state index is 11.5. The molecule has 0 spiro atoms. The van der Waals surface area contributed by atoms with Crippen molar-refractivity contribution < 1.29 is 15.0 Å². The van der Waals surface area contributed by atoms with E-state index in [2.05, 4.69) is 5.32 Å². The van der Waals surface area contributed by atoms with Crippen molar-refractivity contribution in [3.63, 3.8) is 0 Å². The van der Waals surface area contributed by atoms with E-state index in [9.17, 15) is 15.0 Å². The highest BCUT2D eigenvalue weighted by molar-refractivity contribution is 5.77. The Bertz CT molecular complexity index is 414. The fraction of sp³-hybridized carbons (Fsp3) is 0.500.